The lowest BCUT2D eigenvalue weighted by Gasteiger charge is -2.37. The van der Waals surface area contributed by atoms with E-state index in [1.54, 1.807) is 13.8 Å². The molecular formula is C50H75N15O11S2. The number of hydrogen-bond acceptors (Lipinski definition) is 14. The fourth-order valence-corrected chi connectivity index (χ4v) is 13.0. The Morgan fingerprint density at radius 1 is 0.821 bits per heavy atom. The second-order valence-electron chi connectivity index (χ2n) is 20.1. The molecule has 3 heterocycles. The molecule has 3 fully saturated rings. The van der Waals surface area contributed by atoms with E-state index in [-0.39, 0.29) is 63.3 Å². The zero-order valence-corrected chi connectivity index (χ0v) is 45.7. The molecule has 8 atom stereocenters. The van der Waals surface area contributed by atoms with Gasteiger partial charge in [-0.15, -0.1) is 0 Å². The summed E-state index contributed by atoms with van der Waals surface area (Å²) in [5.74, 6) is -9.81. The van der Waals surface area contributed by atoms with Gasteiger partial charge in [-0.25, -0.2) is 0 Å². The number of aromatic nitrogens is 1. The van der Waals surface area contributed by atoms with Gasteiger partial charge in [0.2, 0.25) is 65.0 Å². The van der Waals surface area contributed by atoms with Gasteiger partial charge in [0.15, 0.2) is 5.96 Å². The molecule has 28 heteroatoms. The summed E-state index contributed by atoms with van der Waals surface area (Å²) >= 11 is 0. The van der Waals surface area contributed by atoms with Crippen molar-refractivity contribution in [2.24, 2.45) is 39.6 Å². The van der Waals surface area contributed by atoms with Crippen LogP contribution >= 0.6 is 21.6 Å². The largest absolute Gasteiger partial charge is 0.370 e. The molecule has 1 aromatic carbocycles. The van der Waals surface area contributed by atoms with E-state index >= 15 is 0 Å². The second-order valence-corrected chi connectivity index (χ2v) is 22.9. The van der Waals surface area contributed by atoms with E-state index in [2.05, 4.69) is 47.2 Å². The standard InChI is InChI=1S/C50H75N15O11S2/c1-3-27(2)41-47(75)61-32(15-16-37(51)66)43(71)62-34(23-38(52)67)44(72)63-35(48(76)65-20-10-14-36(65)46(74)60-31(13-9-19-56-49(54)55)42(70)57-25-39(53)68)26-77-78-50(17-7-4-8-18-50)24-40(69)59-33(45(73)64-41)22-29-21-28-11-5-6-12-30(28)58-29/h5-6,11-12,21,27,31-36,41,58H,3-4,7-10,13-20,22-26H2,1-2H3,(H2,51,66)(H2,52,67)(H2,53,68)(H,57,70)(H,59,69)(H,60,74)(H,61,75)(H,62,71)(H,63,72)(H,64,73)(H4,54,55,56)/t27-,31-,32-,33-,34-,35+,36-,41-/m0/s1. The highest BCUT2D eigenvalue weighted by molar-refractivity contribution is 8.77. The number of H-pyrrole nitrogens is 1. The summed E-state index contributed by atoms with van der Waals surface area (Å²) < 4.78 is -0.726. The molecule has 1 spiro atoms. The molecule has 3 aliphatic rings. The minimum absolute atomic E-state index is 0.00244. The van der Waals surface area contributed by atoms with Crippen molar-refractivity contribution in [1.82, 2.24) is 47.1 Å². The monoisotopic (exact) mass is 1130 g/mol. The molecule has 2 aliphatic heterocycles. The molecule has 428 valence electrons. The van der Waals surface area contributed by atoms with Gasteiger partial charge < -0.3 is 75.8 Å². The van der Waals surface area contributed by atoms with Crippen molar-refractivity contribution in [3.8, 4) is 0 Å². The molecule has 11 amide bonds. The lowest BCUT2D eigenvalue weighted by molar-refractivity contribution is -0.142. The van der Waals surface area contributed by atoms with Crippen LogP contribution in [0.25, 0.3) is 10.9 Å². The molecule has 1 aromatic heterocycles. The van der Waals surface area contributed by atoms with Crippen LogP contribution in [0, 0.1) is 5.92 Å². The minimum Gasteiger partial charge on any atom is -0.370 e. The Morgan fingerprint density at radius 2 is 1.51 bits per heavy atom. The van der Waals surface area contributed by atoms with E-state index in [0.717, 1.165) is 30.2 Å². The summed E-state index contributed by atoms with van der Waals surface area (Å²) in [6, 6.07) is -0.272. The predicted molar refractivity (Wildman–Crippen MR) is 293 cm³/mol. The second kappa shape index (κ2) is 29.6. The Morgan fingerprint density at radius 3 is 2.18 bits per heavy atom. The van der Waals surface area contributed by atoms with Gasteiger partial charge in [0.25, 0.3) is 0 Å². The highest BCUT2D eigenvalue weighted by Crippen LogP contribution is 2.48. The number of rotatable bonds is 19. The van der Waals surface area contributed by atoms with Gasteiger partial charge in [-0.1, -0.05) is 79.3 Å². The van der Waals surface area contributed by atoms with Gasteiger partial charge in [0.1, 0.15) is 42.3 Å². The third-order valence-electron chi connectivity index (χ3n) is 14.0. The van der Waals surface area contributed by atoms with E-state index in [4.69, 9.17) is 28.7 Å². The fraction of sp³-hybridized carbons (Fsp3) is 0.600. The Balaban J connectivity index is 1.52. The van der Waals surface area contributed by atoms with E-state index in [1.165, 1.54) is 26.5 Å². The van der Waals surface area contributed by atoms with Gasteiger partial charge >= 0.3 is 0 Å². The summed E-state index contributed by atoms with van der Waals surface area (Å²) in [6.07, 6.45) is 3.07. The highest BCUT2D eigenvalue weighted by atomic mass is 33.1. The van der Waals surface area contributed by atoms with Crippen LogP contribution in [0.1, 0.15) is 109 Å². The molecule has 18 N–H and O–H groups in total. The molecule has 5 rings (SSSR count). The van der Waals surface area contributed by atoms with Gasteiger partial charge in [-0.05, 0) is 68.4 Å². The third-order valence-corrected chi connectivity index (χ3v) is 17.3. The maximum Gasteiger partial charge on any atom is 0.246 e. The van der Waals surface area contributed by atoms with Crippen molar-refractivity contribution in [2.75, 3.05) is 25.4 Å². The molecule has 1 saturated carbocycles. The number of fused-ring (bicyclic) bond motifs is 1. The number of nitrogens with one attached hydrogen (secondary N) is 8. The molecule has 0 bridgehead atoms. The molecule has 2 saturated heterocycles. The maximum absolute atomic E-state index is 14.9. The van der Waals surface area contributed by atoms with Crippen molar-refractivity contribution < 1.29 is 52.7 Å². The number of aromatic amines is 1. The van der Waals surface area contributed by atoms with E-state index in [1.807, 2.05) is 30.3 Å². The Bertz CT molecular complexity index is 2520. The number of nitrogens with zero attached hydrogens (tertiary/aromatic N) is 2. The van der Waals surface area contributed by atoms with Crippen LogP contribution in [-0.4, -0.2) is 153 Å². The molecule has 1 aliphatic carbocycles. The van der Waals surface area contributed by atoms with Gasteiger partial charge in [-0.3, -0.25) is 57.7 Å². The Hall–Kier alpha value is -7.10. The van der Waals surface area contributed by atoms with Crippen molar-refractivity contribution in [3.63, 3.8) is 0 Å². The number of aliphatic imine (C=N–C) groups is 1. The van der Waals surface area contributed by atoms with Gasteiger partial charge in [0, 0.05) is 54.1 Å². The van der Waals surface area contributed by atoms with Crippen LogP contribution < -0.4 is 65.9 Å². The van der Waals surface area contributed by atoms with Crippen molar-refractivity contribution in [2.45, 2.75) is 157 Å². The van der Waals surface area contributed by atoms with Gasteiger partial charge in [-0.2, -0.15) is 0 Å². The predicted octanol–water partition coefficient (Wildman–Crippen LogP) is -2.06. The highest BCUT2D eigenvalue weighted by Gasteiger charge is 2.42. The van der Waals surface area contributed by atoms with E-state index in [9.17, 15) is 52.7 Å². The number of benzene rings is 1. The first-order valence-corrected chi connectivity index (χ1v) is 28.6. The van der Waals surface area contributed by atoms with Crippen LogP contribution in [0.3, 0.4) is 0 Å². The number of likely N-dealkylation sites (tertiary alicyclic amines) is 1. The lowest BCUT2D eigenvalue weighted by atomic mass is 9.85. The summed E-state index contributed by atoms with van der Waals surface area (Å²) in [4.78, 5) is 159. The Kier molecular flexibility index (Phi) is 23.4. The summed E-state index contributed by atoms with van der Waals surface area (Å²) in [5.41, 5.74) is 28.7. The van der Waals surface area contributed by atoms with Crippen molar-refractivity contribution in [3.05, 3.63) is 36.0 Å². The molecule has 0 radical (unpaired) electrons. The number of para-hydroxylation sites is 1. The van der Waals surface area contributed by atoms with Crippen LogP contribution in [0.4, 0.5) is 0 Å². The molecule has 26 nitrogen and oxygen atoms in total. The first kappa shape index (κ1) is 61.7. The number of carbonyl (C=O) groups excluding carboxylic acids is 11. The number of primary amides is 3. The first-order valence-electron chi connectivity index (χ1n) is 26.3. The summed E-state index contributed by atoms with van der Waals surface area (Å²) in [7, 11) is 2.54. The SMILES string of the molecule is CC[C@H](C)[C@@H]1NC(=O)[C@H](Cc2cc3ccccc3[nH]2)NC(=O)CC2(CCCCC2)SSC[C@H](C(=O)N2CCC[C@H]2C(=O)N[C@@H](CCCN=C(N)N)C(=O)NCC(N)=O)NC(=O)[C@H](CC(N)=O)NC(=O)[C@H](CCC(N)=O)NC1=O. The van der Waals surface area contributed by atoms with Crippen molar-refractivity contribution >= 4 is 103 Å². The number of hydrogen-bond donors (Lipinski definition) is 13. The third kappa shape index (κ3) is 18.5. The molecular weight excluding hydrogens is 1050 g/mol. The number of nitrogens with two attached hydrogens (primary N) is 5. The molecule has 2 aromatic rings. The quantitative estimate of drug-likeness (QED) is 0.0311. The normalized spacial score (nSPS) is 23.5. The van der Waals surface area contributed by atoms with Crippen LogP contribution in [-0.2, 0) is 59.2 Å². The van der Waals surface area contributed by atoms with Crippen LogP contribution in [0.5, 0.6) is 0 Å². The van der Waals surface area contributed by atoms with E-state index < -0.39 is 137 Å². The van der Waals surface area contributed by atoms with Crippen LogP contribution in [0.2, 0.25) is 0 Å². The van der Waals surface area contributed by atoms with Crippen LogP contribution in [0.15, 0.2) is 35.3 Å². The molecule has 78 heavy (non-hydrogen) atoms. The fourth-order valence-electron chi connectivity index (χ4n) is 9.67. The number of amides is 11. The zero-order chi connectivity index (χ0) is 57.1. The summed E-state index contributed by atoms with van der Waals surface area (Å²) in [6.45, 7) is 3.13. The number of guanidine groups is 1. The summed E-state index contributed by atoms with van der Waals surface area (Å²) in [5, 5.41) is 19.4. The smallest absolute Gasteiger partial charge is 0.246 e. The van der Waals surface area contributed by atoms with Gasteiger partial charge in [0.05, 0.1) is 13.0 Å². The minimum atomic E-state index is -1.75. The average Bonchev–Trinajstić information content (AvgIpc) is 4.08. The van der Waals surface area contributed by atoms with Crippen molar-refractivity contribution in [1.29, 1.82) is 0 Å². The lowest BCUT2D eigenvalue weighted by Crippen LogP contribution is -2.61. The zero-order valence-electron chi connectivity index (χ0n) is 44.0. The number of carbonyl (C=O) groups is 11. The molecule has 0 unspecified atom stereocenters. The average molecular weight is 1130 g/mol. The maximum atomic E-state index is 14.9. The van der Waals surface area contributed by atoms with E-state index in [0.29, 0.717) is 31.4 Å². The first-order chi connectivity index (χ1) is 37.1. The Labute approximate surface area is 459 Å². The topological polar surface area (TPSA) is 433 Å².